The van der Waals surface area contributed by atoms with E-state index in [1.165, 1.54) is 0 Å². The van der Waals surface area contributed by atoms with E-state index in [1.807, 2.05) is 55.5 Å². The first-order valence-corrected chi connectivity index (χ1v) is 9.12. The lowest BCUT2D eigenvalue weighted by atomic mass is 9.97. The van der Waals surface area contributed by atoms with Gasteiger partial charge < -0.3 is 11.1 Å². The molecule has 0 fully saturated rings. The van der Waals surface area contributed by atoms with Crippen molar-refractivity contribution < 1.29 is 4.79 Å². The van der Waals surface area contributed by atoms with Gasteiger partial charge in [0.15, 0.2) is 0 Å². The van der Waals surface area contributed by atoms with Crippen molar-refractivity contribution in [3.8, 4) is 22.4 Å². The molecule has 0 bridgehead atoms. The molecule has 1 amide bonds. The fourth-order valence-corrected chi connectivity index (χ4v) is 3.14. The number of carbonyl (C=O) groups excluding carboxylic acids is 1. The Morgan fingerprint density at radius 1 is 0.966 bits per heavy atom. The summed E-state index contributed by atoms with van der Waals surface area (Å²) in [5.41, 5.74) is 11.3. The van der Waals surface area contributed by atoms with Crippen LogP contribution >= 0.6 is 0 Å². The average molecular weight is 381 g/mol. The van der Waals surface area contributed by atoms with Gasteiger partial charge in [-0.25, -0.2) is 9.97 Å². The van der Waals surface area contributed by atoms with Crippen LogP contribution in [-0.2, 0) is 0 Å². The molecular weight excluding hydrogens is 362 g/mol. The van der Waals surface area contributed by atoms with Crippen LogP contribution in [0.2, 0.25) is 0 Å². The molecule has 0 aliphatic heterocycles. The standard InChI is InChI=1S/C23H19N5O/c1-15-13-16(18-6-2-3-7-19(18)22(24)29)8-9-20(15)27-23-26-12-10-21(28-23)17-5-4-11-25-14-17/h2-14H,1H3,(H2,24,29)(H,26,27,28). The van der Waals surface area contributed by atoms with E-state index in [1.54, 1.807) is 30.7 Å². The number of rotatable bonds is 5. The minimum Gasteiger partial charge on any atom is -0.366 e. The quantitative estimate of drug-likeness (QED) is 0.536. The number of amides is 1. The van der Waals surface area contributed by atoms with Crippen LogP contribution in [-0.4, -0.2) is 20.9 Å². The fraction of sp³-hybridized carbons (Fsp3) is 0.0435. The summed E-state index contributed by atoms with van der Waals surface area (Å²) < 4.78 is 0. The highest BCUT2D eigenvalue weighted by Gasteiger charge is 2.11. The van der Waals surface area contributed by atoms with Crippen LogP contribution in [0.15, 0.2) is 79.3 Å². The Bertz CT molecular complexity index is 1170. The molecule has 0 unspecified atom stereocenters. The molecule has 0 atom stereocenters. The monoisotopic (exact) mass is 381 g/mol. The van der Waals surface area contributed by atoms with Crippen LogP contribution in [0.5, 0.6) is 0 Å². The molecule has 0 aliphatic carbocycles. The van der Waals surface area contributed by atoms with Crippen molar-refractivity contribution in [2.75, 3.05) is 5.32 Å². The van der Waals surface area contributed by atoms with Crippen molar-refractivity contribution in [3.63, 3.8) is 0 Å². The van der Waals surface area contributed by atoms with Crippen molar-refractivity contribution in [2.24, 2.45) is 5.73 Å². The number of aryl methyl sites for hydroxylation is 1. The van der Waals surface area contributed by atoms with Gasteiger partial charge in [0.25, 0.3) is 0 Å². The van der Waals surface area contributed by atoms with Gasteiger partial charge in [0.05, 0.1) is 5.69 Å². The third-order valence-electron chi connectivity index (χ3n) is 4.59. The first-order chi connectivity index (χ1) is 14.1. The highest BCUT2D eigenvalue weighted by molar-refractivity contribution is 6.00. The summed E-state index contributed by atoms with van der Waals surface area (Å²) in [6.07, 6.45) is 5.21. The third kappa shape index (κ3) is 3.96. The van der Waals surface area contributed by atoms with Gasteiger partial charge in [0.1, 0.15) is 0 Å². The molecule has 2 heterocycles. The zero-order valence-electron chi connectivity index (χ0n) is 15.8. The van der Waals surface area contributed by atoms with E-state index in [9.17, 15) is 4.79 Å². The Hall–Kier alpha value is -4.06. The van der Waals surface area contributed by atoms with Crippen LogP contribution in [0.1, 0.15) is 15.9 Å². The summed E-state index contributed by atoms with van der Waals surface area (Å²) in [4.78, 5) is 24.7. The molecule has 0 saturated heterocycles. The zero-order valence-corrected chi connectivity index (χ0v) is 15.8. The number of carbonyl (C=O) groups is 1. The smallest absolute Gasteiger partial charge is 0.249 e. The largest absolute Gasteiger partial charge is 0.366 e. The van der Waals surface area contributed by atoms with E-state index in [-0.39, 0.29) is 0 Å². The number of nitrogens with zero attached hydrogens (tertiary/aromatic N) is 3. The highest BCUT2D eigenvalue weighted by atomic mass is 16.1. The van der Waals surface area contributed by atoms with Gasteiger partial charge in [-0.15, -0.1) is 0 Å². The van der Waals surface area contributed by atoms with Gasteiger partial charge in [0, 0.05) is 35.4 Å². The van der Waals surface area contributed by atoms with Crippen LogP contribution in [0.25, 0.3) is 22.4 Å². The second-order valence-corrected chi connectivity index (χ2v) is 6.57. The lowest BCUT2D eigenvalue weighted by molar-refractivity contribution is 0.100. The summed E-state index contributed by atoms with van der Waals surface area (Å²) >= 11 is 0. The predicted molar refractivity (Wildman–Crippen MR) is 114 cm³/mol. The Morgan fingerprint density at radius 3 is 2.59 bits per heavy atom. The Balaban J connectivity index is 1.63. The maximum Gasteiger partial charge on any atom is 0.249 e. The SMILES string of the molecule is Cc1cc(-c2ccccc2C(N)=O)ccc1Nc1nccc(-c2cccnc2)n1. The summed E-state index contributed by atoms with van der Waals surface area (Å²) in [5, 5.41) is 3.26. The molecule has 6 heteroatoms. The van der Waals surface area contributed by atoms with E-state index in [2.05, 4.69) is 20.3 Å². The first-order valence-electron chi connectivity index (χ1n) is 9.12. The maximum absolute atomic E-state index is 11.7. The van der Waals surface area contributed by atoms with Crippen molar-refractivity contribution in [2.45, 2.75) is 6.92 Å². The topological polar surface area (TPSA) is 93.8 Å². The molecule has 2 aromatic heterocycles. The van der Waals surface area contributed by atoms with E-state index >= 15 is 0 Å². The van der Waals surface area contributed by atoms with Gasteiger partial charge in [-0.05, 0) is 60.0 Å². The van der Waals surface area contributed by atoms with Gasteiger partial charge >= 0.3 is 0 Å². The summed E-state index contributed by atoms with van der Waals surface area (Å²) in [6.45, 7) is 1.99. The molecule has 0 radical (unpaired) electrons. The van der Waals surface area contributed by atoms with Crippen molar-refractivity contribution in [3.05, 3.63) is 90.4 Å². The number of pyridine rings is 1. The number of anilines is 2. The molecule has 0 spiro atoms. The molecule has 142 valence electrons. The number of nitrogens with two attached hydrogens (primary N) is 1. The lowest BCUT2D eigenvalue weighted by Crippen LogP contribution is -2.12. The van der Waals surface area contributed by atoms with E-state index in [4.69, 9.17) is 5.73 Å². The second-order valence-electron chi connectivity index (χ2n) is 6.57. The van der Waals surface area contributed by atoms with Crippen LogP contribution < -0.4 is 11.1 Å². The summed E-state index contributed by atoms with van der Waals surface area (Å²) in [7, 11) is 0. The normalized spacial score (nSPS) is 10.5. The van der Waals surface area contributed by atoms with E-state index in [0.29, 0.717) is 11.5 Å². The molecule has 4 rings (SSSR count). The number of primary amides is 1. The summed E-state index contributed by atoms with van der Waals surface area (Å²) in [5.74, 6) is 0.0563. The molecular formula is C23H19N5O. The first kappa shape index (κ1) is 18.3. The minimum absolute atomic E-state index is 0.443. The van der Waals surface area contributed by atoms with Gasteiger partial charge in [-0.1, -0.05) is 24.3 Å². The van der Waals surface area contributed by atoms with Gasteiger partial charge in [0.2, 0.25) is 11.9 Å². The lowest BCUT2D eigenvalue weighted by Gasteiger charge is -2.12. The van der Waals surface area contributed by atoms with E-state index in [0.717, 1.165) is 33.6 Å². The second kappa shape index (κ2) is 7.90. The van der Waals surface area contributed by atoms with Gasteiger partial charge in [-0.3, -0.25) is 9.78 Å². The molecule has 4 aromatic rings. The number of hydrogen-bond donors (Lipinski definition) is 2. The minimum atomic E-state index is -0.443. The van der Waals surface area contributed by atoms with Crippen LogP contribution in [0.3, 0.4) is 0 Å². The molecule has 6 nitrogen and oxygen atoms in total. The Morgan fingerprint density at radius 2 is 1.83 bits per heavy atom. The number of hydrogen-bond acceptors (Lipinski definition) is 5. The number of nitrogens with one attached hydrogen (secondary N) is 1. The van der Waals surface area contributed by atoms with E-state index < -0.39 is 5.91 Å². The summed E-state index contributed by atoms with van der Waals surface area (Å²) in [6, 6.07) is 18.9. The molecule has 0 aliphatic rings. The predicted octanol–water partition coefficient (Wildman–Crippen LogP) is 4.36. The molecule has 3 N–H and O–H groups in total. The Labute approximate surface area is 168 Å². The average Bonchev–Trinajstić information content (AvgIpc) is 2.76. The van der Waals surface area contributed by atoms with Crippen molar-refractivity contribution in [1.82, 2.24) is 15.0 Å². The number of aromatic nitrogens is 3. The zero-order chi connectivity index (χ0) is 20.2. The Kier molecular flexibility index (Phi) is 4.99. The molecule has 29 heavy (non-hydrogen) atoms. The maximum atomic E-state index is 11.7. The van der Waals surface area contributed by atoms with Gasteiger partial charge in [-0.2, -0.15) is 0 Å². The fourth-order valence-electron chi connectivity index (χ4n) is 3.14. The molecule has 2 aromatic carbocycles. The van der Waals surface area contributed by atoms with Crippen LogP contribution in [0, 0.1) is 6.92 Å². The highest BCUT2D eigenvalue weighted by Crippen LogP contribution is 2.28. The molecule has 0 saturated carbocycles. The van der Waals surface area contributed by atoms with Crippen molar-refractivity contribution in [1.29, 1.82) is 0 Å². The van der Waals surface area contributed by atoms with Crippen LogP contribution in [0.4, 0.5) is 11.6 Å². The third-order valence-corrected chi connectivity index (χ3v) is 4.59. The number of benzene rings is 2. The van der Waals surface area contributed by atoms with Crippen molar-refractivity contribution >= 4 is 17.5 Å².